The predicted octanol–water partition coefficient (Wildman–Crippen LogP) is 0.729. The van der Waals surface area contributed by atoms with E-state index in [2.05, 4.69) is 17.7 Å². The van der Waals surface area contributed by atoms with E-state index in [1.54, 1.807) is 7.05 Å². The first kappa shape index (κ1) is 9.23. The fourth-order valence-corrected chi connectivity index (χ4v) is 0.577. The van der Waals surface area contributed by atoms with Crippen molar-refractivity contribution in [3.63, 3.8) is 0 Å². The predicted molar refractivity (Wildman–Crippen MR) is 38.2 cm³/mol. The van der Waals surface area contributed by atoms with E-state index in [1.807, 2.05) is 0 Å². The Bertz CT molecular complexity index is 106. The lowest BCUT2D eigenvalue weighted by molar-refractivity contribution is 0.111. The van der Waals surface area contributed by atoms with Crippen molar-refractivity contribution in [1.82, 2.24) is 4.90 Å². The van der Waals surface area contributed by atoms with Crippen LogP contribution in [0.5, 0.6) is 0 Å². The van der Waals surface area contributed by atoms with Crippen LogP contribution < -0.4 is 5.90 Å². The maximum absolute atomic E-state index is 10.6. The number of nitrogens with two attached hydrogens (primary N) is 1. The average molecular weight is 146 g/mol. The minimum absolute atomic E-state index is 0.478. The van der Waals surface area contributed by atoms with Gasteiger partial charge in [0.25, 0.3) is 0 Å². The first-order valence-electron chi connectivity index (χ1n) is 3.34. The van der Waals surface area contributed by atoms with Gasteiger partial charge in [-0.2, -0.15) is 5.90 Å². The van der Waals surface area contributed by atoms with Crippen LogP contribution in [0.4, 0.5) is 4.79 Å². The lowest BCUT2D eigenvalue weighted by atomic mass is 10.3. The highest BCUT2D eigenvalue weighted by Crippen LogP contribution is 1.92. The summed E-state index contributed by atoms with van der Waals surface area (Å²) in [7, 11) is 1.66. The molecule has 4 heteroatoms. The minimum Gasteiger partial charge on any atom is -0.357 e. The lowest BCUT2D eigenvalue weighted by Crippen LogP contribution is -2.30. The zero-order valence-corrected chi connectivity index (χ0v) is 6.46. The van der Waals surface area contributed by atoms with E-state index in [9.17, 15) is 4.79 Å². The van der Waals surface area contributed by atoms with Gasteiger partial charge in [-0.3, -0.25) is 0 Å². The SMILES string of the molecule is CCCCN(C)C(=O)ON. The fourth-order valence-electron chi connectivity index (χ4n) is 0.577. The second-order valence-corrected chi connectivity index (χ2v) is 2.16. The second kappa shape index (κ2) is 5.05. The molecule has 0 heterocycles. The van der Waals surface area contributed by atoms with Crippen LogP contribution in [0.15, 0.2) is 0 Å². The number of hydrogen-bond donors (Lipinski definition) is 1. The van der Waals surface area contributed by atoms with Gasteiger partial charge in [0, 0.05) is 13.6 Å². The Balaban J connectivity index is 3.41. The highest BCUT2D eigenvalue weighted by Gasteiger charge is 2.05. The Morgan fingerprint density at radius 2 is 2.30 bits per heavy atom. The molecular formula is C6H14N2O2. The van der Waals surface area contributed by atoms with Gasteiger partial charge >= 0.3 is 6.09 Å². The largest absolute Gasteiger partial charge is 0.428 e. The summed E-state index contributed by atoms with van der Waals surface area (Å²) in [6.45, 7) is 2.76. The van der Waals surface area contributed by atoms with E-state index >= 15 is 0 Å². The van der Waals surface area contributed by atoms with Gasteiger partial charge in [-0.1, -0.05) is 13.3 Å². The van der Waals surface area contributed by atoms with Crippen LogP contribution in [-0.4, -0.2) is 24.6 Å². The molecule has 0 unspecified atom stereocenters. The summed E-state index contributed by atoms with van der Waals surface area (Å²) in [4.78, 5) is 16.0. The molecule has 4 nitrogen and oxygen atoms in total. The van der Waals surface area contributed by atoms with E-state index in [-0.39, 0.29) is 0 Å². The summed E-state index contributed by atoms with van der Waals surface area (Å²) >= 11 is 0. The van der Waals surface area contributed by atoms with E-state index in [1.165, 1.54) is 4.90 Å². The van der Waals surface area contributed by atoms with Gasteiger partial charge in [0.1, 0.15) is 0 Å². The van der Waals surface area contributed by atoms with Crippen molar-refractivity contribution in [2.75, 3.05) is 13.6 Å². The molecule has 0 saturated heterocycles. The molecule has 10 heavy (non-hydrogen) atoms. The van der Waals surface area contributed by atoms with Crippen LogP contribution in [0.2, 0.25) is 0 Å². The molecule has 0 fully saturated rings. The van der Waals surface area contributed by atoms with Gasteiger partial charge in [-0.25, -0.2) is 4.79 Å². The third kappa shape index (κ3) is 3.29. The molecule has 0 rings (SSSR count). The first-order valence-corrected chi connectivity index (χ1v) is 3.34. The van der Waals surface area contributed by atoms with E-state index in [0.717, 1.165) is 12.8 Å². The van der Waals surface area contributed by atoms with Crippen LogP contribution in [0.25, 0.3) is 0 Å². The van der Waals surface area contributed by atoms with Gasteiger partial charge in [0.05, 0.1) is 0 Å². The van der Waals surface area contributed by atoms with E-state index in [4.69, 9.17) is 0 Å². The van der Waals surface area contributed by atoms with Gasteiger partial charge in [0.15, 0.2) is 0 Å². The number of carbonyl (C=O) groups is 1. The van der Waals surface area contributed by atoms with Crippen molar-refractivity contribution in [2.24, 2.45) is 5.90 Å². The molecule has 0 aromatic rings. The topological polar surface area (TPSA) is 55.6 Å². The number of nitrogens with zero attached hydrogens (tertiary/aromatic N) is 1. The minimum atomic E-state index is -0.478. The van der Waals surface area contributed by atoms with Crippen molar-refractivity contribution in [3.05, 3.63) is 0 Å². The Morgan fingerprint density at radius 1 is 1.70 bits per heavy atom. The summed E-state index contributed by atoms with van der Waals surface area (Å²) in [5, 5.41) is 0. The molecule has 0 spiro atoms. The van der Waals surface area contributed by atoms with Crippen molar-refractivity contribution in [1.29, 1.82) is 0 Å². The molecule has 60 valence electrons. The average Bonchev–Trinajstić information content (AvgIpc) is 1.98. The van der Waals surface area contributed by atoms with Crippen molar-refractivity contribution >= 4 is 6.09 Å². The maximum Gasteiger partial charge on any atom is 0.428 e. The maximum atomic E-state index is 10.6. The van der Waals surface area contributed by atoms with Gasteiger partial charge in [-0.05, 0) is 6.42 Å². The summed E-state index contributed by atoms with van der Waals surface area (Å²) in [6, 6.07) is 0. The van der Waals surface area contributed by atoms with Crippen molar-refractivity contribution in [2.45, 2.75) is 19.8 Å². The van der Waals surface area contributed by atoms with Crippen LogP contribution in [0, 0.1) is 0 Å². The molecule has 0 bridgehead atoms. The zero-order chi connectivity index (χ0) is 7.98. The van der Waals surface area contributed by atoms with Crippen LogP contribution >= 0.6 is 0 Å². The zero-order valence-electron chi connectivity index (χ0n) is 6.46. The molecule has 0 aromatic heterocycles. The van der Waals surface area contributed by atoms with Crippen LogP contribution in [0.1, 0.15) is 19.8 Å². The van der Waals surface area contributed by atoms with E-state index in [0.29, 0.717) is 6.54 Å². The number of hydrogen-bond acceptors (Lipinski definition) is 3. The fraction of sp³-hybridized carbons (Fsp3) is 0.833. The Morgan fingerprint density at radius 3 is 2.70 bits per heavy atom. The van der Waals surface area contributed by atoms with Gasteiger partial charge in [-0.15, -0.1) is 0 Å². The summed E-state index contributed by atoms with van der Waals surface area (Å²) in [6.07, 6.45) is 1.56. The van der Waals surface area contributed by atoms with Crippen molar-refractivity contribution < 1.29 is 9.63 Å². The number of unbranched alkanes of at least 4 members (excludes halogenated alkanes) is 1. The molecule has 0 radical (unpaired) electrons. The molecule has 1 amide bonds. The van der Waals surface area contributed by atoms with Gasteiger partial charge in [0.2, 0.25) is 0 Å². The summed E-state index contributed by atoms with van der Waals surface area (Å²) < 4.78 is 0. The molecule has 0 atom stereocenters. The normalized spacial score (nSPS) is 9.10. The highest BCUT2D eigenvalue weighted by molar-refractivity contribution is 5.66. The number of carbonyl (C=O) groups excluding carboxylic acids is 1. The van der Waals surface area contributed by atoms with Crippen LogP contribution in [-0.2, 0) is 4.84 Å². The van der Waals surface area contributed by atoms with Gasteiger partial charge < -0.3 is 9.74 Å². The second-order valence-electron chi connectivity index (χ2n) is 2.16. The Kier molecular flexibility index (Phi) is 4.66. The van der Waals surface area contributed by atoms with E-state index < -0.39 is 6.09 Å². The molecule has 0 aromatic carbocycles. The summed E-state index contributed by atoms with van der Waals surface area (Å²) in [5.74, 6) is 4.65. The quantitative estimate of drug-likeness (QED) is 0.597. The molecule has 0 aliphatic rings. The lowest BCUT2D eigenvalue weighted by Gasteiger charge is -2.13. The molecule has 0 aliphatic carbocycles. The third-order valence-electron chi connectivity index (χ3n) is 1.26. The third-order valence-corrected chi connectivity index (χ3v) is 1.26. The Hall–Kier alpha value is -0.770. The molecular weight excluding hydrogens is 132 g/mol. The first-order chi connectivity index (χ1) is 4.72. The molecule has 0 aliphatic heterocycles. The standard InChI is InChI=1S/C6H14N2O2/c1-3-4-5-8(2)6(9)10-7/h3-5,7H2,1-2H3. The molecule has 2 N–H and O–H groups in total. The smallest absolute Gasteiger partial charge is 0.357 e. The van der Waals surface area contributed by atoms with Crippen molar-refractivity contribution in [3.8, 4) is 0 Å². The number of amides is 1. The molecule has 0 saturated carbocycles. The Labute approximate surface area is 60.9 Å². The van der Waals surface area contributed by atoms with Crippen LogP contribution in [0.3, 0.4) is 0 Å². The summed E-state index contributed by atoms with van der Waals surface area (Å²) in [5.41, 5.74) is 0. The monoisotopic (exact) mass is 146 g/mol. The number of rotatable bonds is 3. The highest BCUT2D eigenvalue weighted by atomic mass is 16.7.